The highest BCUT2D eigenvalue weighted by Gasteiger charge is 2.34. The van der Waals surface area contributed by atoms with Gasteiger partial charge in [0.05, 0.1) is 39.1 Å². The molecule has 164 valence electrons. The van der Waals surface area contributed by atoms with E-state index in [2.05, 4.69) is 10.3 Å². The van der Waals surface area contributed by atoms with Gasteiger partial charge in [-0.2, -0.15) is 13.2 Å². The molecule has 0 saturated carbocycles. The molecule has 1 aromatic heterocycles. The first-order valence-corrected chi connectivity index (χ1v) is 11.6. The number of hydrogen-bond donors (Lipinski definition) is 1. The normalized spacial score (nSPS) is 13.6. The lowest BCUT2D eigenvalue weighted by Crippen LogP contribution is -2.19. The van der Waals surface area contributed by atoms with Gasteiger partial charge in [-0.15, -0.1) is 23.1 Å². The van der Waals surface area contributed by atoms with E-state index < -0.39 is 17.6 Å². The number of halogens is 4. The van der Waals surface area contributed by atoms with E-state index in [9.17, 15) is 18.0 Å². The molecule has 2 heterocycles. The molecular formula is C22H15ClF3N3OS2. The molecule has 4 rings (SSSR count). The summed E-state index contributed by atoms with van der Waals surface area (Å²) >= 11 is 8.42. The maximum Gasteiger partial charge on any atom is 0.418 e. The quantitative estimate of drug-likeness (QED) is 0.413. The van der Waals surface area contributed by atoms with Crippen LogP contribution in [0.25, 0.3) is 0 Å². The van der Waals surface area contributed by atoms with Gasteiger partial charge in [-0.25, -0.2) is 9.98 Å². The number of thioether (sulfide) groups is 1. The zero-order valence-corrected chi connectivity index (χ0v) is 18.7. The molecule has 2 aromatic carbocycles. The summed E-state index contributed by atoms with van der Waals surface area (Å²) in [6, 6.07) is 14.6. The van der Waals surface area contributed by atoms with Crippen LogP contribution in [-0.2, 0) is 11.0 Å². The standard InChI is InChI=1S/C22H15ClF3N3OS2/c23-13-7-8-15(14(10-13)22(24,25)26)28-20(30)12-32-21-11-18(19-6-3-9-31-19)27-16-4-1-2-5-17(16)29-21/h1-10H,11-12H2,(H,28,30). The second-order valence-corrected chi connectivity index (χ2v) is 9.16. The maximum atomic E-state index is 13.3. The van der Waals surface area contributed by atoms with Crippen molar-refractivity contribution in [2.45, 2.75) is 12.6 Å². The van der Waals surface area contributed by atoms with Gasteiger partial charge in [-0.1, -0.05) is 29.8 Å². The number of para-hydroxylation sites is 2. The third kappa shape index (κ3) is 5.40. The Balaban J connectivity index is 1.51. The van der Waals surface area contributed by atoms with Crippen molar-refractivity contribution in [1.82, 2.24) is 0 Å². The van der Waals surface area contributed by atoms with Crippen molar-refractivity contribution in [3.05, 3.63) is 75.4 Å². The van der Waals surface area contributed by atoms with E-state index in [1.165, 1.54) is 17.8 Å². The summed E-state index contributed by atoms with van der Waals surface area (Å²) in [5, 5.41) is 4.89. The fourth-order valence-corrected chi connectivity index (χ4v) is 4.68. The molecule has 0 atom stereocenters. The van der Waals surface area contributed by atoms with Crippen molar-refractivity contribution < 1.29 is 18.0 Å². The predicted octanol–water partition coefficient (Wildman–Crippen LogP) is 7.35. The molecule has 1 amide bonds. The molecule has 1 aliphatic rings. The van der Waals surface area contributed by atoms with Crippen molar-refractivity contribution in [2.24, 2.45) is 9.98 Å². The minimum Gasteiger partial charge on any atom is -0.325 e. The molecule has 3 aromatic rings. The fourth-order valence-electron chi connectivity index (χ4n) is 3.02. The highest BCUT2D eigenvalue weighted by molar-refractivity contribution is 8.14. The molecule has 0 radical (unpaired) electrons. The second-order valence-electron chi connectivity index (χ2n) is 6.73. The van der Waals surface area contributed by atoms with Crippen molar-refractivity contribution in [2.75, 3.05) is 11.1 Å². The number of hydrogen-bond acceptors (Lipinski definition) is 5. The Labute approximate surface area is 195 Å². The summed E-state index contributed by atoms with van der Waals surface area (Å²) < 4.78 is 39.8. The molecule has 10 heteroatoms. The largest absolute Gasteiger partial charge is 0.418 e. The van der Waals surface area contributed by atoms with Gasteiger partial charge in [0.25, 0.3) is 0 Å². The molecule has 0 saturated heterocycles. The molecule has 0 unspecified atom stereocenters. The number of thiophene rings is 1. The Morgan fingerprint density at radius 3 is 2.53 bits per heavy atom. The van der Waals surface area contributed by atoms with Gasteiger partial charge in [-0.3, -0.25) is 4.79 Å². The number of alkyl halides is 3. The molecule has 32 heavy (non-hydrogen) atoms. The number of anilines is 1. The van der Waals surface area contributed by atoms with Gasteiger partial charge in [0.2, 0.25) is 5.91 Å². The van der Waals surface area contributed by atoms with Crippen LogP contribution in [0.1, 0.15) is 16.9 Å². The van der Waals surface area contributed by atoms with E-state index in [0.29, 0.717) is 17.2 Å². The number of carbonyl (C=O) groups is 1. The molecule has 0 aliphatic carbocycles. The number of fused-ring (bicyclic) bond motifs is 1. The van der Waals surface area contributed by atoms with Crippen LogP contribution in [0.2, 0.25) is 5.02 Å². The van der Waals surface area contributed by atoms with Crippen LogP contribution in [0.4, 0.5) is 30.2 Å². The third-order valence-electron chi connectivity index (χ3n) is 4.44. The van der Waals surface area contributed by atoms with Crippen LogP contribution < -0.4 is 5.32 Å². The van der Waals surface area contributed by atoms with E-state index in [4.69, 9.17) is 16.6 Å². The van der Waals surface area contributed by atoms with Crippen molar-refractivity contribution in [3.63, 3.8) is 0 Å². The summed E-state index contributed by atoms with van der Waals surface area (Å²) in [6.45, 7) is 0. The maximum absolute atomic E-state index is 13.3. The van der Waals surface area contributed by atoms with Crippen molar-refractivity contribution in [1.29, 1.82) is 0 Å². The summed E-state index contributed by atoms with van der Waals surface area (Å²) in [7, 11) is 0. The van der Waals surface area contributed by atoms with Gasteiger partial charge in [-0.05, 0) is 41.8 Å². The number of rotatable bonds is 4. The molecule has 4 nitrogen and oxygen atoms in total. The Morgan fingerprint density at radius 1 is 1.09 bits per heavy atom. The number of nitrogens with one attached hydrogen (secondary N) is 1. The Hall–Kier alpha value is -2.62. The summed E-state index contributed by atoms with van der Waals surface area (Å²) in [6.07, 6.45) is -4.22. The molecule has 1 N–H and O–H groups in total. The highest BCUT2D eigenvalue weighted by atomic mass is 35.5. The molecule has 0 fully saturated rings. The van der Waals surface area contributed by atoms with Gasteiger partial charge in [0.1, 0.15) is 0 Å². The minimum absolute atomic E-state index is 0.0587. The smallest absolute Gasteiger partial charge is 0.325 e. The summed E-state index contributed by atoms with van der Waals surface area (Å²) in [5.74, 6) is -0.670. The monoisotopic (exact) mass is 493 g/mol. The average Bonchev–Trinajstić information content (AvgIpc) is 3.21. The zero-order valence-electron chi connectivity index (χ0n) is 16.3. The van der Waals surface area contributed by atoms with E-state index in [1.54, 1.807) is 11.3 Å². The van der Waals surface area contributed by atoms with E-state index in [-0.39, 0.29) is 16.5 Å². The van der Waals surface area contributed by atoms with Crippen molar-refractivity contribution in [3.8, 4) is 0 Å². The number of nitrogens with zero attached hydrogens (tertiary/aromatic N) is 2. The van der Waals surface area contributed by atoms with E-state index >= 15 is 0 Å². The van der Waals surface area contributed by atoms with Crippen LogP contribution in [-0.4, -0.2) is 22.4 Å². The number of carbonyl (C=O) groups excluding carboxylic acids is 1. The summed E-state index contributed by atoms with van der Waals surface area (Å²) in [4.78, 5) is 22.8. The molecule has 0 bridgehead atoms. The first-order chi connectivity index (χ1) is 15.3. The molecule has 0 spiro atoms. The van der Waals surface area contributed by atoms with Gasteiger partial charge in [0.15, 0.2) is 0 Å². The minimum atomic E-state index is -4.64. The van der Waals surface area contributed by atoms with E-state index in [0.717, 1.165) is 28.4 Å². The van der Waals surface area contributed by atoms with Crippen LogP contribution in [0, 0.1) is 0 Å². The zero-order chi connectivity index (χ0) is 22.7. The lowest BCUT2D eigenvalue weighted by molar-refractivity contribution is -0.137. The topological polar surface area (TPSA) is 53.8 Å². The lowest BCUT2D eigenvalue weighted by atomic mass is 10.1. The summed E-state index contributed by atoms with van der Waals surface area (Å²) in [5.41, 5.74) is 0.914. The van der Waals surface area contributed by atoms with E-state index in [1.807, 2.05) is 41.8 Å². The Bertz CT molecular complexity index is 1210. The van der Waals surface area contributed by atoms with Gasteiger partial charge in [0, 0.05) is 16.3 Å². The van der Waals surface area contributed by atoms with Crippen LogP contribution in [0.5, 0.6) is 0 Å². The van der Waals surface area contributed by atoms with Gasteiger partial charge >= 0.3 is 6.18 Å². The molecular weight excluding hydrogens is 479 g/mol. The van der Waals surface area contributed by atoms with Crippen LogP contribution in [0.3, 0.4) is 0 Å². The van der Waals surface area contributed by atoms with Crippen molar-refractivity contribution >= 4 is 68.4 Å². The SMILES string of the molecule is O=C(CSC1=Nc2ccccc2N=C(c2cccs2)C1)Nc1ccc(Cl)cc1C(F)(F)F. The highest BCUT2D eigenvalue weighted by Crippen LogP contribution is 2.37. The Morgan fingerprint density at radius 2 is 1.84 bits per heavy atom. The Kier molecular flexibility index (Phi) is 6.68. The average molecular weight is 494 g/mol. The second kappa shape index (κ2) is 9.48. The first kappa shape index (κ1) is 22.6. The van der Waals surface area contributed by atoms with Crippen LogP contribution in [0.15, 0.2) is 70.0 Å². The fraction of sp³-hybridized carbons (Fsp3) is 0.136. The number of amides is 1. The number of benzene rings is 2. The third-order valence-corrected chi connectivity index (χ3v) is 6.57. The van der Waals surface area contributed by atoms with Crippen LogP contribution >= 0.6 is 34.7 Å². The number of aliphatic imine (C=N–C) groups is 2. The predicted molar refractivity (Wildman–Crippen MR) is 126 cm³/mol. The molecule has 1 aliphatic heterocycles. The van der Waals surface area contributed by atoms with Gasteiger partial charge < -0.3 is 5.32 Å². The first-order valence-electron chi connectivity index (χ1n) is 9.37. The lowest BCUT2D eigenvalue weighted by Gasteiger charge is -2.14.